The summed E-state index contributed by atoms with van der Waals surface area (Å²) in [7, 11) is 6.74. The van der Waals surface area contributed by atoms with Crippen LogP contribution in [-0.4, -0.2) is 94.5 Å². The largest absolute Gasteiger partial charge is 0.493 e. The number of para-hydroxylation sites is 2. The summed E-state index contributed by atoms with van der Waals surface area (Å²) < 4.78 is 18.9. The summed E-state index contributed by atoms with van der Waals surface area (Å²) in [6.45, 7) is 2.48. The van der Waals surface area contributed by atoms with Crippen LogP contribution in [0.4, 0.5) is 22.7 Å². The Hall–Kier alpha value is -8.01. The molecule has 0 bridgehead atoms. The van der Waals surface area contributed by atoms with Crippen molar-refractivity contribution in [3.05, 3.63) is 136 Å². The summed E-state index contributed by atoms with van der Waals surface area (Å²) in [4.78, 5) is 98.8. The zero-order chi connectivity index (χ0) is 53.6. The highest BCUT2D eigenvalue weighted by atomic mass is 16.5. The number of ether oxygens (including phenoxy) is 3. The number of fused-ring (bicyclic) bond motifs is 8. The summed E-state index contributed by atoms with van der Waals surface area (Å²) >= 11 is 0. The molecule has 0 saturated heterocycles. The van der Waals surface area contributed by atoms with E-state index < -0.39 is 5.91 Å². The van der Waals surface area contributed by atoms with E-state index in [1.807, 2.05) is 96.6 Å². The lowest BCUT2D eigenvalue weighted by Gasteiger charge is -2.25. The van der Waals surface area contributed by atoms with Gasteiger partial charge in [0.05, 0.1) is 30.9 Å². The molecule has 0 saturated carbocycles. The highest BCUT2D eigenvalue weighted by Gasteiger charge is 2.40. The van der Waals surface area contributed by atoms with Gasteiger partial charge in [-0.2, -0.15) is 0 Å². The molecule has 2 N–H and O–H groups in total. The van der Waals surface area contributed by atoms with Crippen LogP contribution in [0.15, 0.2) is 91.0 Å². The Labute approximate surface area is 443 Å². The monoisotopic (exact) mass is 1030 g/mol. The molecule has 0 fully saturated rings. The lowest BCUT2D eigenvalue weighted by molar-refractivity contribution is -0.127. The average Bonchev–Trinajstić information content (AvgIpc) is 3.98. The Morgan fingerprint density at radius 2 is 1.28 bits per heavy atom. The predicted octanol–water partition coefficient (Wildman–Crippen LogP) is 7.78. The van der Waals surface area contributed by atoms with Crippen LogP contribution in [0.2, 0.25) is 0 Å². The van der Waals surface area contributed by atoms with Crippen LogP contribution in [0.5, 0.6) is 17.2 Å². The fourth-order valence-corrected chi connectivity index (χ4v) is 10.9. The van der Waals surface area contributed by atoms with Gasteiger partial charge in [0.2, 0.25) is 17.7 Å². The van der Waals surface area contributed by atoms with Gasteiger partial charge in [0.25, 0.3) is 11.8 Å². The maximum Gasteiger partial charge on any atom is 0.260 e. The van der Waals surface area contributed by atoms with E-state index in [9.17, 15) is 33.6 Å². The Morgan fingerprint density at radius 1 is 0.645 bits per heavy atom. The van der Waals surface area contributed by atoms with Crippen molar-refractivity contribution in [1.82, 2.24) is 10.6 Å². The minimum atomic E-state index is -0.430. The van der Waals surface area contributed by atoms with E-state index in [1.165, 1.54) is 10.5 Å². The number of hydrogen-bond acceptors (Lipinski definition) is 11. The molecule has 0 unspecified atom stereocenters. The normalized spacial score (nSPS) is 16.0. The first kappa shape index (κ1) is 52.8. The molecule has 0 aliphatic carbocycles. The van der Waals surface area contributed by atoms with Gasteiger partial charge in [-0.05, 0) is 127 Å². The number of nitrogens with zero attached hydrogens (tertiary/aromatic N) is 4. The second kappa shape index (κ2) is 23.3. The average molecular weight is 1030 g/mol. The Kier molecular flexibility index (Phi) is 16.2. The van der Waals surface area contributed by atoms with Gasteiger partial charge in [-0.3, -0.25) is 33.6 Å². The van der Waals surface area contributed by atoms with Crippen molar-refractivity contribution in [3.8, 4) is 17.2 Å². The number of methoxy groups -OCH3 is 1. The Balaban J connectivity index is 0.893. The van der Waals surface area contributed by atoms with Gasteiger partial charge in [-0.15, -0.1) is 0 Å². The lowest BCUT2D eigenvalue weighted by atomic mass is 9.99. The quantitative estimate of drug-likeness (QED) is 0.0685. The van der Waals surface area contributed by atoms with Crippen molar-refractivity contribution < 1.29 is 47.8 Å². The van der Waals surface area contributed by atoms with Crippen LogP contribution in [0.25, 0.3) is 0 Å². The number of nitrogens with one attached hydrogen (secondary N) is 2. The molecule has 4 heterocycles. The van der Waals surface area contributed by atoms with Gasteiger partial charge in [0.15, 0.2) is 17.3 Å². The SMILES string of the molecule is CNC(=O)CCCCC(=O)CCC(=O)NCC(=O)CCC(=O)N(C)c1cc(COc2cc3c(cc2C)C(=O)N2c4ccccc4C[C@H]2CN3C)cc(COc2cc3c(cc2OC)C(=O)N2c4ccccc4C[C@H]2CC3)c1. The zero-order valence-corrected chi connectivity index (χ0v) is 44.0. The number of benzene rings is 5. The predicted molar refractivity (Wildman–Crippen MR) is 290 cm³/mol. The van der Waals surface area contributed by atoms with Crippen molar-refractivity contribution in [1.29, 1.82) is 0 Å². The zero-order valence-electron chi connectivity index (χ0n) is 44.0. The van der Waals surface area contributed by atoms with E-state index in [2.05, 4.69) is 27.7 Å². The molecule has 4 aliphatic heterocycles. The number of ketones is 2. The summed E-state index contributed by atoms with van der Waals surface area (Å²) in [6, 6.07) is 29.3. The highest BCUT2D eigenvalue weighted by molar-refractivity contribution is 6.12. The maximum atomic E-state index is 14.2. The molecule has 16 nitrogen and oxygen atoms in total. The van der Waals surface area contributed by atoms with Crippen LogP contribution < -0.4 is 44.4 Å². The molecule has 0 spiro atoms. The van der Waals surface area contributed by atoms with Gasteiger partial charge in [-0.25, -0.2) is 0 Å². The van der Waals surface area contributed by atoms with Crippen LogP contribution in [0, 0.1) is 6.92 Å². The molecule has 76 heavy (non-hydrogen) atoms. The highest BCUT2D eigenvalue weighted by Crippen LogP contribution is 2.42. The molecule has 16 heteroatoms. The number of carbonyl (C=O) groups excluding carboxylic acids is 7. The van der Waals surface area contributed by atoms with Crippen LogP contribution in [0.3, 0.4) is 0 Å². The molecule has 396 valence electrons. The fraction of sp³-hybridized carbons (Fsp3) is 0.383. The van der Waals surface area contributed by atoms with E-state index in [0.717, 1.165) is 58.6 Å². The summed E-state index contributed by atoms with van der Waals surface area (Å²) in [6.07, 6.45) is 4.55. The number of hydrogen-bond donors (Lipinski definition) is 2. The van der Waals surface area contributed by atoms with Crippen LogP contribution in [0.1, 0.15) is 112 Å². The van der Waals surface area contributed by atoms with Crippen molar-refractivity contribution >= 4 is 63.9 Å². The van der Waals surface area contributed by atoms with E-state index in [1.54, 1.807) is 27.3 Å². The topological polar surface area (TPSA) is 184 Å². The number of amides is 5. The number of Topliss-reactive ketones (excluding diaryl/α,β-unsaturated/α-hetero) is 2. The van der Waals surface area contributed by atoms with Gasteiger partial charge < -0.3 is 44.4 Å². The van der Waals surface area contributed by atoms with E-state index in [0.29, 0.717) is 71.9 Å². The third kappa shape index (κ3) is 11.6. The number of likely N-dealkylation sites (N-methyl/N-ethyl adjacent to an activating group) is 1. The summed E-state index contributed by atoms with van der Waals surface area (Å²) in [5, 5.41) is 5.12. The minimum Gasteiger partial charge on any atom is -0.493 e. The molecule has 0 aromatic heterocycles. The fourth-order valence-electron chi connectivity index (χ4n) is 10.9. The molecule has 4 aliphatic rings. The first-order valence-corrected chi connectivity index (χ1v) is 26.2. The molecule has 0 radical (unpaired) electrons. The molecular weight excluding hydrogens is 965 g/mol. The molecular formula is C60H66N6O10. The molecule has 2 atom stereocenters. The number of aryl methyl sites for hydroxylation is 2. The summed E-state index contributed by atoms with van der Waals surface area (Å²) in [5.41, 5.74) is 9.83. The van der Waals surface area contributed by atoms with E-state index in [-0.39, 0.29) is 99.1 Å². The van der Waals surface area contributed by atoms with Gasteiger partial charge in [-0.1, -0.05) is 36.4 Å². The van der Waals surface area contributed by atoms with Crippen molar-refractivity contribution in [2.45, 2.75) is 109 Å². The minimum absolute atomic E-state index is 0.00354. The molecule has 5 aromatic rings. The molecule has 9 rings (SSSR count). The maximum absolute atomic E-state index is 14.2. The first-order chi connectivity index (χ1) is 36.7. The van der Waals surface area contributed by atoms with Gasteiger partial charge >= 0.3 is 0 Å². The number of carbonyl (C=O) groups is 7. The van der Waals surface area contributed by atoms with Gasteiger partial charge in [0, 0.05) is 101 Å². The van der Waals surface area contributed by atoms with E-state index in [4.69, 9.17) is 14.2 Å². The van der Waals surface area contributed by atoms with Crippen LogP contribution >= 0.6 is 0 Å². The van der Waals surface area contributed by atoms with Crippen molar-refractivity contribution in [3.63, 3.8) is 0 Å². The standard InChI is InChI=1S/C60H66N6O10/c1-37-24-49-52(63(3)34-45-29-42-13-7-10-16-51(42)66(45)60(49)73)32-53(37)75-35-38-25-39(36-76-55-30-40-18-19-43-28-41-12-6-9-15-50(41)65(43)59(72)48(40)31-54(55)74-5)27-44(26-38)64(4)58(71)23-21-47(68)33-62-57(70)22-20-46(67)14-8-11-17-56(69)61-2/h6-7,9-10,12-13,15-16,24-27,30-32,43,45H,8,11,14,17-23,28-29,33-36H2,1-5H3,(H,61,69)(H,62,70)/t43-,45+/m1/s1. The summed E-state index contributed by atoms with van der Waals surface area (Å²) in [5.74, 6) is 0.119. The third-order valence-corrected chi connectivity index (χ3v) is 15.1. The Bertz CT molecular complexity index is 3100. The number of anilines is 4. The van der Waals surface area contributed by atoms with E-state index >= 15 is 0 Å². The van der Waals surface area contributed by atoms with Gasteiger partial charge in [0.1, 0.15) is 24.7 Å². The molecule has 5 amide bonds. The second-order valence-corrected chi connectivity index (χ2v) is 20.3. The second-order valence-electron chi connectivity index (χ2n) is 20.3. The Morgan fingerprint density at radius 3 is 1.97 bits per heavy atom. The smallest absolute Gasteiger partial charge is 0.260 e. The van der Waals surface area contributed by atoms with Crippen LogP contribution in [-0.2, 0) is 56.4 Å². The lowest BCUT2D eigenvalue weighted by Crippen LogP contribution is -2.41. The molecule has 5 aromatic carbocycles. The third-order valence-electron chi connectivity index (χ3n) is 15.1. The van der Waals surface area contributed by atoms with Crippen molar-refractivity contribution in [2.24, 2.45) is 0 Å². The first-order valence-electron chi connectivity index (χ1n) is 26.2. The number of unbranched alkanes of at least 4 members (excludes halogenated alkanes) is 1. The number of rotatable bonds is 21. The van der Waals surface area contributed by atoms with Crippen molar-refractivity contribution in [2.75, 3.05) is 60.9 Å².